The normalized spacial score (nSPS) is 12.6. The highest BCUT2D eigenvalue weighted by atomic mass is 35.5. The summed E-state index contributed by atoms with van der Waals surface area (Å²) in [7, 11) is 0. The summed E-state index contributed by atoms with van der Waals surface area (Å²) in [6.07, 6.45) is 6.86. The minimum Gasteiger partial charge on any atom is -0.118 e. The van der Waals surface area contributed by atoms with Gasteiger partial charge in [0, 0.05) is 0 Å². The van der Waals surface area contributed by atoms with E-state index in [1.165, 1.54) is 0 Å². The van der Waals surface area contributed by atoms with Gasteiger partial charge in [-0.1, -0.05) is 12.2 Å². The van der Waals surface area contributed by atoms with E-state index in [2.05, 4.69) is 13.2 Å². The maximum absolute atomic E-state index is 5.75. The molecule has 0 nitrogen and oxygen atoms in total. The van der Waals surface area contributed by atoms with Crippen LogP contribution in [-0.4, -0.2) is 5.38 Å². The fourth-order valence-corrected chi connectivity index (χ4v) is 0.729. The molecule has 0 aliphatic heterocycles. The number of allylic oxidation sites excluding steroid dienone is 2. The molecule has 1 unspecified atom stereocenters. The summed E-state index contributed by atoms with van der Waals surface area (Å²) in [5, 5.41) is 0.143. The van der Waals surface area contributed by atoms with Crippen molar-refractivity contribution in [2.75, 3.05) is 0 Å². The quantitative estimate of drug-likeness (QED) is 0.316. The molecule has 0 aromatic heterocycles. The lowest BCUT2D eigenvalue weighted by Gasteiger charge is -1.99. The van der Waals surface area contributed by atoms with Gasteiger partial charge in [0.25, 0.3) is 0 Å². The van der Waals surface area contributed by atoms with Crippen molar-refractivity contribution in [1.82, 2.24) is 0 Å². The van der Waals surface area contributed by atoms with Gasteiger partial charge >= 0.3 is 0 Å². The SMILES string of the molecule is C=CCCCC(Cl)C=C. The van der Waals surface area contributed by atoms with Gasteiger partial charge in [-0.2, -0.15) is 0 Å². The fourth-order valence-electron chi connectivity index (χ4n) is 0.575. The highest BCUT2D eigenvalue weighted by Gasteiger charge is 1.94. The molecule has 0 aliphatic carbocycles. The van der Waals surface area contributed by atoms with Crippen molar-refractivity contribution in [3.63, 3.8) is 0 Å². The van der Waals surface area contributed by atoms with Crippen molar-refractivity contribution in [3.05, 3.63) is 25.3 Å². The van der Waals surface area contributed by atoms with E-state index in [-0.39, 0.29) is 5.38 Å². The Morgan fingerprint density at radius 2 is 2.11 bits per heavy atom. The molecule has 0 rings (SSSR count). The summed E-state index contributed by atoms with van der Waals surface area (Å²) in [5.74, 6) is 0. The van der Waals surface area contributed by atoms with Crippen LogP contribution in [0.3, 0.4) is 0 Å². The molecule has 0 N–H and O–H groups in total. The summed E-state index contributed by atoms with van der Waals surface area (Å²) in [4.78, 5) is 0. The number of alkyl halides is 1. The zero-order valence-electron chi connectivity index (χ0n) is 5.65. The number of halogens is 1. The highest BCUT2D eigenvalue weighted by Crippen LogP contribution is 2.07. The number of rotatable bonds is 5. The molecular formula is C8H13Cl. The predicted molar refractivity (Wildman–Crippen MR) is 43.9 cm³/mol. The summed E-state index contributed by atoms with van der Waals surface area (Å²) < 4.78 is 0. The molecule has 0 amide bonds. The van der Waals surface area contributed by atoms with E-state index in [1.54, 1.807) is 6.08 Å². The zero-order valence-corrected chi connectivity index (χ0v) is 6.40. The van der Waals surface area contributed by atoms with E-state index in [0.717, 1.165) is 19.3 Å². The van der Waals surface area contributed by atoms with Crippen LogP contribution in [0.25, 0.3) is 0 Å². The van der Waals surface area contributed by atoms with Crippen molar-refractivity contribution in [3.8, 4) is 0 Å². The second-order valence-corrected chi connectivity index (χ2v) is 2.53. The van der Waals surface area contributed by atoms with Gasteiger partial charge in [0.1, 0.15) is 0 Å². The number of unbranched alkanes of at least 4 members (excludes halogenated alkanes) is 1. The third-order valence-electron chi connectivity index (χ3n) is 1.14. The fraction of sp³-hybridized carbons (Fsp3) is 0.500. The van der Waals surface area contributed by atoms with Crippen LogP contribution in [0.15, 0.2) is 25.3 Å². The first-order valence-electron chi connectivity index (χ1n) is 3.18. The molecule has 0 bridgehead atoms. The molecule has 0 aromatic rings. The zero-order chi connectivity index (χ0) is 7.11. The molecule has 0 aromatic carbocycles. The van der Waals surface area contributed by atoms with Crippen LogP contribution >= 0.6 is 11.6 Å². The average Bonchev–Trinajstić information content (AvgIpc) is 1.89. The van der Waals surface area contributed by atoms with Crippen LogP contribution in [0, 0.1) is 0 Å². The van der Waals surface area contributed by atoms with Gasteiger partial charge in [-0.15, -0.1) is 24.8 Å². The third-order valence-corrected chi connectivity index (χ3v) is 1.54. The topological polar surface area (TPSA) is 0 Å². The minimum absolute atomic E-state index is 0.143. The first kappa shape index (κ1) is 8.77. The average molecular weight is 145 g/mol. The molecule has 0 aliphatic rings. The Morgan fingerprint density at radius 1 is 1.44 bits per heavy atom. The molecular weight excluding hydrogens is 132 g/mol. The summed E-state index contributed by atoms with van der Waals surface area (Å²) >= 11 is 5.75. The highest BCUT2D eigenvalue weighted by molar-refractivity contribution is 6.21. The summed E-state index contributed by atoms with van der Waals surface area (Å²) in [6.45, 7) is 7.20. The first-order chi connectivity index (χ1) is 4.31. The Morgan fingerprint density at radius 3 is 2.56 bits per heavy atom. The summed E-state index contributed by atoms with van der Waals surface area (Å²) in [6, 6.07) is 0. The Kier molecular flexibility index (Phi) is 5.75. The lowest BCUT2D eigenvalue weighted by Crippen LogP contribution is -1.90. The maximum atomic E-state index is 5.75. The van der Waals surface area contributed by atoms with E-state index in [1.807, 2.05) is 6.08 Å². The third kappa shape index (κ3) is 5.64. The van der Waals surface area contributed by atoms with E-state index in [9.17, 15) is 0 Å². The lowest BCUT2D eigenvalue weighted by atomic mass is 10.2. The van der Waals surface area contributed by atoms with Crippen molar-refractivity contribution in [2.24, 2.45) is 0 Å². The molecule has 0 heterocycles. The van der Waals surface area contributed by atoms with Crippen molar-refractivity contribution < 1.29 is 0 Å². The van der Waals surface area contributed by atoms with Crippen LogP contribution in [0.1, 0.15) is 19.3 Å². The number of hydrogen-bond donors (Lipinski definition) is 0. The first-order valence-corrected chi connectivity index (χ1v) is 3.62. The molecule has 0 saturated carbocycles. The second kappa shape index (κ2) is 5.90. The smallest absolute Gasteiger partial charge is 0.0513 e. The minimum atomic E-state index is 0.143. The van der Waals surface area contributed by atoms with Gasteiger partial charge < -0.3 is 0 Å². The second-order valence-electron chi connectivity index (χ2n) is 1.97. The van der Waals surface area contributed by atoms with Gasteiger partial charge in [-0.05, 0) is 19.3 Å². The monoisotopic (exact) mass is 144 g/mol. The molecule has 1 heteroatoms. The molecule has 1 atom stereocenters. The van der Waals surface area contributed by atoms with Gasteiger partial charge in [0.2, 0.25) is 0 Å². The van der Waals surface area contributed by atoms with Gasteiger partial charge in [-0.25, -0.2) is 0 Å². The molecule has 9 heavy (non-hydrogen) atoms. The Balaban J connectivity index is 3.05. The van der Waals surface area contributed by atoms with Crippen LogP contribution < -0.4 is 0 Å². The standard InChI is InChI=1S/C8H13Cl/c1-3-5-6-7-8(9)4-2/h3-4,8H,1-2,5-7H2. The van der Waals surface area contributed by atoms with Gasteiger partial charge in [-0.3, -0.25) is 0 Å². The van der Waals surface area contributed by atoms with E-state index in [4.69, 9.17) is 11.6 Å². The molecule has 0 radical (unpaired) electrons. The summed E-state index contributed by atoms with van der Waals surface area (Å²) in [5.41, 5.74) is 0. The van der Waals surface area contributed by atoms with Crippen molar-refractivity contribution in [1.29, 1.82) is 0 Å². The molecule has 0 fully saturated rings. The number of hydrogen-bond acceptors (Lipinski definition) is 0. The Labute approximate surface area is 62.2 Å². The van der Waals surface area contributed by atoms with Crippen LogP contribution in [0.5, 0.6) is 0 Å². The Hall–Kier alpha value is -0.230. The van der Waals surface area contributed by atoms with Crippen LogP contribution in [0.4, 0.5) is 0 Å². The maximum Gasteiger partial charge on any atom is 0.0513 e. The molecule has 52 valence electrons. The van der Waals surface area contributed by atoms with Gasteiger partial charge in [0.05, 0.1) is 5.38 Å². The molecule has 0 spiro atoms. The van der Waals surface area contributed by atoms with E-state index < -0.39 is 0 Å². The Bertz CT molecular complexity index is 86.6. The van der Waals surface area contributed by atoms with Crippen molar-refractivity contribution in [2.45, 2.75) is 24.6 Å². The lowest BCUT2D eigenvalue weighted by molar-refractivity contribution is 0.769. The van der Waals surface area contributed by atoms with E-state index >= 15 is 0 Å². The van der Waals surface area contributed by atoms with E-state index in [0.29, 0.717) is 0 Å². The van der Waals surface area contributed by atoms with Crippen LogP contribution in [0.2, 0.25) is 0 Å². The largest absolute Gasteiger partial charge is 0.118 e. The van der Waals surface area contributed by atoms with Crippen LogP contribution in [-0.2, 0) is 0 Å². The predicted octanol–water partition coefficient (Wildman–Crippen LogP) is 3.14. The molecule has 0 saturated heterocycles. The van der Waals surface area contributed by atoms with Crippen molar-refractivity contribution >= 4 is 11.6 Å². The van der Waals surface area contributed by atoms with Gasteiger partial charge in [0.15, 0.2) is 0 Å².